The molecule has 1 saturated heterocycles. The van der Waals surface area contributed by atoms with Crippen LogP contribution in [0.4, 0.5) is 4.79 Å². The number of likely N-dealkylation sites (tertiary alicyclic amines) is 1. The van der Waals surface area contributed by atoms with Crippen LogP contribution in [-0.2, 0) is 4.79 Å². The Hall–Kier alpha value is -1.26. The fourth-order valence-electron chi connectivity index (χ4n) is 1.87. The van der Waals surface area contributed by atoms with Crippen LogP contribution in [0.1, 0.15) is 40.0 Å². The van der Waals surface area contributed by atoms with Crippen molar-refractivity contribution in [2.75, 3.05) is 13.1 Å². The summed E-state index contributed by atoms with van der Waals surface area (Å²) in [6.07, 6.45) is 3.11. The van der Waals surface area contributed by atoms with Gasteiger partial charge in [0, 0.05) is 13.1 Å². The molecule has 0 bridgehead atoms. The van der Waals surface area contributed by atoms with Crippen LogP contribution in [0.25, 0.3) is 0 Å². The molecule has 0 aromatic carbocycles. The Labute approximate surface area is 102 Å². The summed E-state index contributed by atoms with van der Waals surface area (Å²) in [5.74, 6) is -0.380. The Morgan fingerprint density at radius 1 is 1.29 bits per heavy atom. The van der Waals surface area contributed by atoms with Crippen molar-refractivity contribution in [2.24, 2.45) is 5.92 Å². The molecule has 1 aliphatic rings. The lowest BCUT2D eigenvalue weighted by atomic mass is 10.0. The summed E-state index contributed by atoms with van der Waals surface area (Å²) in [5, 5.41) is 11.5. The van der Waals surface area contributed by atoms with Gasteiger partial charge in [0.2, 0.25) is 0 Å². The van der Waals surface area contributed by atoms with E-state index >= 15 is 0 Å². The predicted molar refractivity (Wildman–Crippen MR) is 64.8 cm³/mol. The predicted octanol–water partition coefficient (Wildman–Crippen LogP) is 1.68. The highest BCUT2D eigenvalue weighted by atomic mass is 16.4. The van der Waals surface area contributed by atoms with E-state index in [-0.39, 0.29) is 6.03 Å². The van der Waals surface area contributed by atoms with Gasteiger partial charge in [0.15, 0.2) is 0 Å². The van der Waals surface area contributed by atoms with Crippen molar-refractivity contribution >= 4 is 12.0 Å². The summed E-state index contributed by atoms with van der Waals surface area (Å²) in [7, 11) is 0. The summed E-state index contributed by atoms with van der Waals surface area (Å²) >= 11 is 0. The Balaban J connectivity index is 2.55. The summed E-state index contributed by atoms with van der Waals surface area (Å²) in [6.45, 7) is 6.60. The molecule has 1 fully saturated rings. The molecule has 5 heteroatoms. The zero-order chi connectivity index (χ0) is 13.1. The average molecular weight is 242 g/mol. The number of amides is 2. The Morgan fingerprint density at radius 3 is 2.53 bits per heavy atom. The Morgan fingerprint density at radius 2 is 1.94 bits per heavy atom. The summed E-state index contributed by atoms with van der Waals surface area (Å²) in [6, 6.07) is -0.272. The number of carboxylic acids is 1. The minimum atomic E-state index is -1.21. The van der Waals surface area contributed by atoms with E-state index in [9.17, 15) is 9.59 Å². The van der Waals surface area contributed by atoms with E-state index < -0.39 is 11.5 Å². The van der Waals surface area contributed by atoms with Gasteiger partial charge in [-0.05, 0) is 39.0 Å². The Bertz CT molecular complexity index is 302. The molecular formula is C12H22N2O3. The fraction of sp³-hybridized carbons (Fsp3) is 0.833. The average Bonchev–Trinajstić information content (AvgIpc) is 2.42. The minimum Gasteiger partial charge on any atom is -0.480 e. The molecule has 0 aromatic rings. The van der Waals surface area contributed by atoms with E-state index in [0.717, 1.165) is 19.3 Å². The second-order valence-electron chi connectivity index (χ2n) is 5.38. The first kappa shape index (κ1) is 13.8. The monoisotopic (exact) mass is 242 g/mol. The number of hydrogen-bond acceptors (Lipinski definition) is 2. The second kappa shape index (κ2) is 5.38. The number of rotatable bonds is 2. The molecular weight excluding hydrogens is 220 g/mol. The van der Waals surface area contributed by atoms with Gasteiger partial charge in [-0.25, -0.2) is 9.59 Å². The van der Waals surface area contributed by atoms with Gasteiger partial charge in [0.1, 0.15) is 5.54 Å². The third-order valence-electron chi connectivity index (χ3n) is 3.26. The number of hydrogen-bond donors (Lipinski definition) is 2. The van der Waals surface area contributed by atoms with Crippen molar-refractivity contribution < 1.29 is 14.7 Å². The van der Waals surface area contributed by atoms with Crippen LogP contribution in [0, 0.1) is 5.92 Å². The lowest BCUT2D eigenvalue weighted by Gasteiger charge is -2.27. The quantitative estimate of drug-likeness (QED) is 0.774. The molecule has 5 nitrogen and oxygen atoms in total. The van der Waals surface area contributed by atoms with E-state index in [1.54, 1.807) is 4.90 Å². The van der Waals surface area contributed by atoms with E-state index in [1.807, 2.05) is 0 Å². The summed E-state index contributed by atoms with van der Waals surface area (Å²) in [4.78, 5) is 24.6. The van der Waals surface area contributed by atoms with E-state index in [0.29, 0.717) is 19.0 Å². The van der Waals surface area contributed by atoms with Gasteiger partial charge in [-0.1, -0.05) is 6.92 Å². The van der Waals surface area contributed by atoms with Gasteiger partial charge in [0.25, 0.3) is 0 Å². The highest BCUT2D eigenvalue weighted by Gasteiger charge is 2.31. The molecule has 0 saturated carbocycles. The van der Waals surface area contributed by atoms with Gasteiger partial charge < -0.3 is 15.3 Å². The molecule has 0 aliphatic carbocycles. The van der Waals surface area contributed by atoms with E-state index in [4.69, 9.17) is 5.11 Å². The highest BCUT2D eigenvalue weighted by molar-refractivity contribution is 5.85. The van der Waals surface area contributed by atoms with Crippen LogP contribution in [-0.4, -0.2) is 40.6 Å². The van der Waals surface area contributed by atoms with E-state index in [1.165, 1.54) is 13.8 Å². The molecule has 0 spiro atoms. The first-order valence-corrected chi connectivity index (χ1v) is 6.13. The SMILES string of the molecule is CC1CCCN(C(=O)NC(C)(C)C(=O)O)CC1. The molecule has 2 amide bonds. The number of carboxylic acid groups (broad SMARTS) is 1. The fourth-order valence-corrected chi connectivity index (χ4v) is 1.87. The molecule has 0 radical (unpaired) electrons. The molecule has 1 unspecified atom stereocenters. The third kappa shape index (κ3) is 3.91. The van der Waals surface area contributed by atoms with Crippen molar-refractivity contribution in [3.05, 3.63) is 0 Å². The van der Waals surface area contributed by atoms with E-state index in [2.05, 4.69) is 12.2 Å². The maximum Gasteiger partial charge on any atom is 0.328 e. The second-order valence-corrected chi connectivity index (χ2v) is 5.38. The van der Waals surface area contributed by atoms with Gasteiger partial charge in [0.05, 0.1) is 0 Å². The standard InChI is InChI=1S/C12H22N2O3/c1-9-5-4-7-14(8-6-9)11(17)13-12(2,3)10(15)16/h9H,4-8H2,1-3H3,(H,13,17)(H,15,16). The summed E-state index contributed by atoms with van der Waals surface area (Å²) < 4.78 is 0. The van der Waals surface area contributed by atoms with Crippen molar-refractivity contribution in [3.8, 4) is 0 Å². The minimum absolute atomic E-state index is 0.272. The van der Waals surface area contributed by atoms with Gasteiger partial charge >= 0.3 is 12.0 Å². The molecule has 0 aromatic heterocycles. The van der Waals surface area contributed by atoms with Crippen LogP contribution in [0.15, 0.2) is 0 Å². The molecule has 17 heavy (non-hydrogen) atoms. The third-order valence-corrected chi connectivity index (χ3v) is 3.26. The first-order valence-electron chi connectivity index (χ1n) is 6.13. The molecule has 1 heterocycles. The maximum absolute atomic E-state index is 11.9. The largest absolute Gasteiger partial charge is 0.480 e. The molecule has 98 valence electrons. The Kier molecular flexibility index (Phi) is 4.37. The summed E-state index contributed by atoms with van der Waals surface area (Å²) in [5.41, 5.74) is -1.21. The number of carbonyl (C=O) groups is 2. The number of aliphatic carboxylic acids is 1. The molecule has 1 aliphatic heterocycles. The number of urea groups is 1. The smallest absolute Gasteiger partial charge is 0.328 e. The van der Waals surface area contributed by atoms with Crippen LogP contribution in [0.3, 0.4) is 0 Å². The van der Waals surface area contributed by atoms with Gasteiger partial charge in [-0.3, -0.25) is 0 Å². The first-order chi connectivity index (χ1) is 7.83. The van der Waals surface area contributed by atoms with Crippen molar-refractivity contribution in [3.63, 3.8) is 0 Å². The zero-order valence-electron chi connectivity index (χ0n) is 10.8. The normalized spacial score (nSPS) is 21.8. The zero-order valence-corrected chi connectivity index (χ0v) is 10.8. The van der Waals surface area contributed by atoms with Crippen LogP contribution >= 0.6 is 0 Å². The molecule has 1 rings (SSSR count). The number of nitrogens with zero attached hydrogens (tertiary/aromatic N) is 1. The van der Waals surface area contributed by atoms with Crippen LogP contribution in [0.5, 0.6) is 0 Å². The number of carbonyl (C=O) groups excluding carboxylic acids is 1. The lowest BCUT2D eigenvalue weighted by Crippen LogP contribution is -2.54. The topological polar surface area (TPSA) is 69.6 Å². The van der Waals surface area contributed by atoms with Crippen molar-refractivity contribution in [1.82, 2.24) is 10.2 Å². The molecule has 2 N–H and O–H groups in total. The van der Waals surface area contributed by atoms with Crippen molar-refractivity contribution in [1.29, 1.82) is 0 Å². The van der Waals surface area contributed by atoms with Crippen LogP contribution in [0.2, 0.25) is 0 Å². The lowest BCUT2D eigenvalue weighted by molar-refractivity contribution is -0.143. The van der Waals surface area contributed by atoms with Gasteiger partial charge in [-0.15, -0.1) is 0 Å². The maximum atomic E-state index is 11.9. The highest BCUT2D eigenvalue weighted by Crippen LogP contribution is 2.16. The number of nitrogens with one attached hydrogen (secondary N) is 1. The molecule has 1 atom stereocenters. The van der Waals surface area contributed by atoms with Crippen molar-refractivity contribution in [2.45, 2.75) is 45.6 Å². The van der Waals surface area contributed by atoms with Crippen LogP contribution < -0.4 is 5.32 Å². The van der Waals surface area contributed by atoms with Gasteiger partial charge in [-0.2, -0.15) is 0 Å².